The van der Waals surface area contributed by atoms with Crippen LogP contribution in [0, 0.1) is 0 Å². The summed E-state index contributed by atoms with van der Waals surface area (Å²) in [6.45, 7) is 0.880. The van der Waals surface area contributed by atoms with Gasteiger partial charge in [0.15, 0.2) is 0 Å². The second kappa shape index (κ2) is 8.65. The second-order valence-electron chi connectivity index (χ2n) is 6.59. The number of hydrogen-bond acceptors (Lipinski definition) is 2. The molecular weight excluding hydrogens is 296 g/mol. The third-order valence-corrected chi connectivity index (χ3v) is 4.70. The Bertz CT molecular complexity index is 629. The van der Waals surface area contributed by atoms with Crippen LogP contribution in [0.15, 0.2) is 54.6 Å². The van der Waals surface area contributed by atoms with E-state index in [0.29, 0.717) is 11.6 Å². The summed E-state index contributed by atoms with van der Waals surface area (Å²) in [5.74, 6) is -0.0653. The van der Waals surface area contributed by atoms with Gasteiger partial charge < -0.3 is 10.6 Å². The Morgan fingerprint density at radius 2 is 1.54 bits per heavy atom. The molecule has 0 aliphatic heterocycles. The molecule has 0 aromatic heterocycles. The quantitative estimate of drug-likeness (QED) is 0.780. The summed E-state index contributed by atoms with van der Waals surface area (Å²) in [5.41, 5.74) is 2.74. The first-order valence-electron chi connectivity index (χ1n) is 9.00. The Labute approximate surface area is 144 Å². The van der Waals surface area contributed by atoms with E-state index in [2.05, 4.69) is 10.6 Å². The van der Waals surface area contributed by atoms with Crippen LogP contribution in [0.1, 0.15) is 54.4 Å². The van der Waals surface area contributed by atoms with Gasteiger partial charge in [-0.1, -0.05) is 56.0 Å². The number of amides is 1. The van der Waals surface area contributed by atoms with Crippen LogP contribution < -0.4 is 10.6 Å². The predicted molar refractivity (Wildman–Crippen MR) is 99.2 cm³/mol. The fraction of sp³-hybridized carbons (Fsp3) is 0.381. The minimum Gasteiger partial charge on any atom is -0.322 e. The summed E-state index contributed by atoms with van der Waals surface area (Å²) in [7, 11) is 0. The van der Waals surface area contributed by atoms with E-state index in [1.165, 1.54) is 44.1 Å². The third kappa shape index (κ3) is 4.93. The number of hydrogen-bond donors (Lipinski definition) is 2. The van der Waals surface area contributed by atoms with Crippen molar-refractivity contribution in [1.29, 1.82) is 0 Å². The molecule has 3 rings (SSSR count). The fourth-order valence-corrected chi connectivity index (χ4v) is 3.24. The lowest BCUT2D eigenvalue weighted by Crippen LogP contribution is -2.27. The molecule has 1 fully saturated rings. The molecule has 1 amide bonds. The Hall–Kier alpha value is -2.13. The number of rotatable bonds is 5. The van der Waals surface area contributed by atoms with Crippen molar-refractivity contribution in [1.82, 2.24) is 5.32 Å². The summed E-state index contributed by atoms with van der Waals surface area (Å²) in [6, 6.07) is 18.1. The largest absolute Gasteiger partial charge is 0.322 e. The Balaban J connectivity index is 1.52. The highest BCUT2D eigenvalue weighted by Crippen LogP contribution is 2.18. The summed E-state index contributed by atoms with van der Waals surface area (Å²) in [6.07, 6.45) is 8.02. The number of benzene rings is 2. The fourth-order valence-electron chi connectivity index (χ4n) is 3.24. The van der Waals surface area contributed by atoms with Crippen molar-refractivity contribution in [2.45, 2.75) is 51.1 Å². The van der Waals surface area contributed by atoms with Crippen LogP contribution in [0.2, 0.25) is 0 Å². The molecule has 2 N–H and O–H groups in total. The van der Waals surface area contributed by atoms with Gasteiger partial charge in [-0.05, 0) is 42.7 Å². The van der Waals surface area contributed by atoms with Crippen molar-refractivity contribution in [3.05, 3.63) is 65.7 Å². The zero-order valence-corrected chi connectivity index (χ0v) is 14.1. The topological polar surface area (TPSA) is 41.1 Å². The second-order valence-corrected chi connectivity index (χ2v) is 6.59. The van der Waals surface area contributed by atoms with Gasteiger partial charge >= 0.3 is 0 Å². The minimum atomic E-state index is -0.0653. The maximum absolute atomic E-state index is 12.2. The lowest BCUT2D eigenvalue weighted by atomic mass is 10.1. The van der Waals surface area contributed by atoms with Crippen LogP contribution in [0.25, 0.3) is 0 Å². The summed E-state index contributed by atoms with van der Waals surface area (Å²) < 4.78 is 0. The van der Waals surface area contributed by atoms with Gasteiger partial charge in [-0.15, -0.1) is 0 Å². The molecule has 0 bridgehead atoms. The highest BCUT2D eigenvalue weighted by Gasteiger charge is 2.11. The molecule has 24 heavy (non-hydrogen) atoms. The molecule has 1 saturated carbocycles. The maximum atomic E-state index is 12.2. The zero-order valence-electron chi connectivity index (χ0n) is 14.1. The minimum absolute atomic E-state index is 0.0653. The highest BCUT2D eigenvalue weighted by atomic mass is 16.1. The van der Waals surface area contributed by atoms with Gasteiger partial charge in [0.1, 0.15) is 0 Å². The van der Waals surface area contributed by atoms with Crippen LogP contribution in [-0.2, 0) is 6.54 Å². The van der Waals surface area contributed by atoms with E-state index in [4.69, 9.17) is 0 Å². The van der Waals surface area contributed by atoms with Crippen LogP contribution in [0.5, 0.6) is 0 Å². The van der Waals surface area contributed by atoms with E-state index >= 15 is 0 Å². The van der Waals surface area contributed by atoms with E-state index in [-0.39, 0.29) is 5.91 Å². The molecule has 3 nitrogen and oxygen atoms in total. The smallest absolute Gasteiger partial charge is 0.255 e. The number of nitrogens with one attached hydrogen (secondary N) is 2. The lowest BCUT2D eigenvalue weighted by molar-refractivity contribution is 0.102. The van der Waals surface area contributed by atoms with Crippen molar-refractivity contribution in [2.24, 2.45) is 0 Å². The summed E-state index contributed by atoms with van der Waals surface area (Å²) in [5, 5.41) is 6.58. The van der Waals surface area contributed by atoms with Crippen molar-refractivity contribution in [3.63, 3.8) is 0 Å². The molecule has 2 aromatic rings. The Morgan fingerprint density at radius 1 is 0.875 bits per heavy atom. The molecule has 0 atom stereocenters. The summed E-state index contributed by atoms with van der Waals surface area (Å²) >= 11 is 0. The zero-order chi connectivity index (χ0) is 16.6. The van der Waals surface area contributed by atoms with E-state index in [9.17, 15) is 4.79 Å². The average Bonchev–Trinajstić information content (AvgIpc) is 2.90. The van der Waals surface area contributed by atoms with Gasteiger partial charge in [-0.2, -0.15) is 0 Å². The predicted octanol–water partition coefficient (Wildman–Crippen LogP) is 4.75. The van der Waals surface area contributed by atoms with Crippen LogP contribution >= 0.6 is 0 Å². The third-order valence-electron chi connectivity index (χ3n) is 4.70. The number of carbonyl (C=O) groups excluding carboxylic acids is 1. The van der Waals surface area contributed by atoms with E-state index in [1.54, 1.807) is 0 Å². The van der Waals surface area contributed by atoms with Gasteiger partial charge in [0.05, 0.1) is 0 Å². The molecule has 0 heterocycles. The van der Waals surface area contributed by atoms with Crippen molar-refractivity contribution in [3.8, 4) is 0 Å². The summed E-state index contributed by atoms with van der Waals surface area (Å²) in [4.78, 5) is 12.2. The molecule has 0 saturated heterocycles. The van der Waals surface area contributed by atoms with Crippen molar-refractivity contribution in [2.75, 3.05) is 5.32 Å². The van der Waals surface area contributed by atoms with E-state index in [1.807, 2.05) is 54.6 Å². The van der Waals surface area contributed by atoms with E-state index < -0.39 is 0 Å². The Kier molecular flexibility index (Phi) is 6.02. The van der Waals surface area contributed by atoms with Gasteiger partial charge in [-0.25, -0.2) is 0 Å². The molecule has 1 aliphatic rings. The van der Waals surface area contributed by atoms with Crippen LogP contribution in [-0.4, -0.2) is 11.9 Å². The van der Waals surface area contributed by atoms with Crippen LogP contribution in [0.3, 0.4) is 0 Å². The average molecular weight is 322 g/mol. The molecule has 0 spiro atoms. The highest BCUT2D eigenvalue weighted by molar-refractivity contribution is 6.04. The van der Waals surface area contributed by atoms with Gasteiger partial charge in [0.25, 0.3) is 5.91 Å². The number of para-hydroxylation sites is 1. The standard InChI is InChI=1S/C21H26N2O/c24-21(23-20-10-6-3-7-11-20)18-14-12-17(13-15-18)16-22-19-8-4-1-2-5-9-19/h3,6-7,10-15,19,22H,1-2,4-5,8-9,16H2,(H,23,24). The molecule has 1 aliphatic carbocycles. The molecular formula is C21H26N2O. The SMILES string of the molecule is O=C(Nc1ccccc1)c1ccc(CNC2CCCCCC2)cc1. The number of carbonyl (C=O) groups is 1. The maximum Gasteiger partial charge on any atom is 0.255 e. The molecule has 0 unspecified atom stereocenters. The Morgan fingerprint density at radius 3 is 2.21 bits per heavy atom. The first kappa shape index (κ1) is 16.7. The van der Waals surface area contributed by atoms with Gasteiger partial charge in [0, 0.05) is 23.8 Å². The molecule has 3 heteroatoms. The molecule has 2 aromatic carbocycles. The van der Waals surface area contributed by atoms with Gasteiger partial charge in [0.2, 0.25) is 0 Å². The first-order chi connectivity index (χ1) is 11.8. The van der Waals surface area contributed by atoms with Crippen LogP contribution in [0.4, 0.5) is 5.69 Å². The molecule has 126 valence electrons. The van der Waals surface area contributed by atoms with Gasteiger partial charge in [-0.3, -0.25) is 4.79 Å². The van der Waals surface area contributed by atoms with E-state index in [0.717, 1.165) is 12.2 Å². The first-order valence-corrected chi connectivity index (χ1v) is 9.00. The van der Waals surface area contributed by atoms with Crippen molar-refractivity contribution < 1.29 is 4.79 Å². The monoisotopic (exact) mass is 322 g/mol. The van der Waals surface area contributed by atoms with Crippen molar-refractivity contribution >= 4 is 11.6 Å². The molecule has 0 radical (unpaired) electrons. The lowest BCUT2D eigenvalue weighted by Gasteiger charge is -2.16. The normalized spacial score (nSPS) is 15.7. The number of anilines is 1.